The zero-order valence-electron chi connectivity index (χ0n) is 19.1. The first-order valence-electron chi connectivity index (χ1n) is 11.5. The Bertz CT molecular complexity index is 845. The van der Waals surface area contributed by atoms with E-state index in [0.29, 0.717) is 18.4 Å². The molecule has 0 aromatic heterocycles. The molecule has 2 atom stereocenters. The summed E-state index contributed by atoms with van der Waals surface area (Å²) in [4.78, 5) is 18.4. The van der Waals surface area contributed by atoms with E-state index in [1.165, 1.54) is 12.0 Å². The Morgan fingerprint density at radius 1 is 1.10 bits per heavy atom. The third-order valence-corrected chi connectivity index (χ3v) is 7.45. The third kappa shape index (κ3) is 6.75. The lowest BCUT2D eigenvalue weighted by Gasteiger charge is -2.38. The Labute approximate surface area is 190 Å². The van der Waals surface area contributed by atoms with Gasteiger partial charge >= 0.3 is 0 Å². The largest absolute Gasteiger partial charge is 0.340 e. The highest BCUT2D eigenvalue weighted by Gasteiger charge is 2.27. The summed E-state index contributed by atoms with van der Waals surface area (Å²) >= 11 is 0. The molecule has 1 amide bonds. The number of hydrogen-bond donors (Lipinski definition) is 0. The van der Waals surface area contributed by atoms with Gasteiger partial charge in [-0.1, -0.05) is 49.4 Å². The molecule has 0 aliphatic carbocycles. The molecule has 2 aromatic carbocycles. The molecule has 31 heavy (non-hydrogen) atoms. The van der Waals surface area contributed by atoms with E-state index < -0.39 is 10.8 Å². The molecule has 1 fully saturated rings. The van der Waals surface area contributed by atoms with Gasteiger partial charge < -0.3 is 9.80 Å². The monoisotopic (exact) mass is 440 g/mol. The van der Waals surface area contributed by atoms with Crippen molar-refractivity contribution >= 4 is 16.7 Å². The maximum absolute atomic E-state index is 13.0. The van der Waals surface area contributed by atoms with Gasteiger partial charge in [-0.25, -0.2) is 0 Å². The van der Waals surface area contributed by atoms with Crippen molar-refractivity contribution in [1.82, 2.24) is 9.80 Å². The SMILES string of the molecule is CCN(C(=O)Cc1ccc(S(C)=O)cc1)C1CCN(CC[C@@H](C)c2ccccc2)CC1. The van der Waals surface area contributed by atoms with Crippen molar-refractivity contribution in [2.45, 2.75) is 56.4 Å². The lowest BCUT2D eigenvalue weighted by Crippen LogP contribution is -2.48. The molecule has 5 heteroatoms. The van der Waals surface area contributed by atoms with Crippen LogP contribution < -0.4 is 0 Å². The average molecular weight is 441 g/mol. The fourth-order valence-electron chi connectivity index (χ4n) is 4.49. The van der Waals surface area contributed by atoms with Crippen LogP contribution in [0, 0.1) is 0 Å². The minimum absolute atomic E-state index is 0.198. The van der Waals surface area contributed by atoms with E-state index in [-0.39, 0.29) is 5.91 Å². The summed E-state index contributed by atoms with van der Waals surface area (Å²) in [6, 6.07) is 18.7. The Morgan fingerprint density at radius 3 is 2.32 bits per heavy atom. The zero-order chi connectivity index (χ0) is 22.2. The molecule has 1 aliphatic heterocycles. The van der Waals surface area contributed by atoms with Gasteiger partial charge in [0.1, 0.15) is 0 Å². The summed E-state index contributed by atoms with van der Waals surface area (Å²) in [5.74, 6) is 0.771. The van der Waals surface area contributed by atoms with Gasteiger partial charge in [-0.3, -0.25) is 9.00 Å². The number of carbonyl (C=O) groups is 1. The zero-order valence-corrected chi connectivity index (χ0v) is 19.9. The number of amides is 1. The number of hydrogen-bond acceptors (Lipinski definition) is 3. The quantitative estimate of drug-likeness (QED) is 0.577. The number of benzene rings is 2. The van der Waals surface area contributed by atoms with Gasteiger partial charge in [0, 0.05) is 47.6 Å². The minimum atomic E-state index is -0.984. The van der Waals surface area contributed by atoms with E-state index in [2.05, 4.69) is 54.0 Å². The molecule has 1 unspecified atom stereocenters. The summed E-state index contributed by atoms with van der Waals surface area (Å²) in [7, 11) is -0.984. The molecule has 1 heterocycles. The molecule has 3 rings (SSSR count). The number of carbonyl (C=O) groups excluding carboxylic acids is 1. The van der Waals surface area contributed by atoms with Crippen LogP contribution in [0.25, 0.3) is 0 Å². The van der Waals surface area contributed by atoms with Crippen LogP contribution in [0.3, 0.4) is 0 Å². The Morgan fingerprint density at radius 2 is 1.74 bits per heavy atom. The Balaban J connectivity index is 1.46. The van der Waals surface area contributed by atoms with Crippen molar-refractivity contribution < 1.29 is 9.00 Å². The van der Waals surface area contributed by atoms with E-state index in [4.69, 9.17) is 0 Å². The second-order valence-corrected chi connectivity index (χ2v) is 10.0. The highest BCUT2D eigenvalue weighted by Crippen LogP contribution is 2.22. The van der Waals surface area contributed by atoms with Gasteiger partial charge in [-0.15, -0.1) is 0 Å². The van der Waals surface area contributed by atoms with Crippen LogP contribution in [0.4, 0.5) is 0 Å². The second kappa shape index (κ2) is 11.6. The maximum atomic E-state index is 13.0. The van der Waals surface area contributed by atoms with Crippen LogP contribution in [0.1, 0.15) is 50.2 Å². The predicted octanol–water partition coefficient (Wildman–Crippen LogP) is 4.47. The first kappa shape index (κ1) is 23.7. The first-order chi connectivity index (χ1) is 15.0. The molecule has 168 valence electrons. The topological polar surface area (TPSA) is 40.6 Å². The second-order valence-electron chi connectivity index (χ2n) is 8.63. The number of likely N-dealkylation sites (N-methyl/N-ethyl adjacent to an activating group) is 1. The van der Waals surface area contributed by atoms with Gasteiger partial charge in [-0.2, -0.15) is 0 Å². The molecule has 0 bridgehead atoms. The molecule has 0 saturated carbocycles. The molecule has 0 radical (unpaired) electrons. The number of rotatable bonds is 9. The van der Waals surface area contributed by atoms with Crippen LogP contribution in [-0.4, -0.2) is 58.4 Å². The number of likely N-dealkylation sites (tertiary alicyclic amines) is 1. The number of piperidine rings is 1. The van der Waals surface area contributed by atoms with Crippen molar-refractivity contribution in [2.75, 3.05) is 32.4 Å². The summed E-state index contributed by atoms with van der Waals surface area (Å²) < 4.78 is 11.6. The fourth-order valence-corrected chi connectivity index (χ4v) is 5.01. The molecule has 1 aliphatic rings. The van der Waals surface area contributed by atoms with Crippen molar-refractivity contribution in [1.29, 1.82) is 0 Å². The van der Waals surface area contributed by atoms with Crippen LogP contribution in [0.15, 0.2) is 59.5 Å². The van der Waals surface area contributed by atoms with Crippen LogP contribution >= 0.6 is 0 Å². The van der Waals surface area contributed by atoms with Crippen LogP contribution in [0.2, 0.25) is 0 Å². The van der Waals surface area contributed by atoms with Crippen molar-refractivity contribution in [3.8, 4) is 0 Å². The van der Waals surface area contributed by atoms with E-state index in [9.17, 15) is 9.00 Å². The van der Waals surface area contributed by atoms with E-state index >= 15 is 0 Å². The molecular weight excluding hydrogens is 404 g/mol. The number of nitrogens with zero attached hydrogens (tertiary/aromatic N) is 2. The minimum Gasteiger partial charge on any atom is -0.340 e. The Kier molecular flexibility index (Phi) is 8.85. The molecule has 0 N–H and O–H groups in total. The predicted molar refractivity (Wildman–Crippen MR) is 129 cm³/mol. The fraction of sp³-hybridized carbons (Fsp3) is 0.500. The van der Waals surface area contributed by atoms with E-state index in [0.717, 1.165) is 49.5 Å². The highest BCUT2D eigenvalue weighted by atomic mass is 32.2. The third-order valence-electron chi connectivity index (χ3n) is 6.52. The summed E-state index contributed by atoms with van der Waals surface area (Å²) in [6.07, 6.45) is 5.36. The molecule has 2 aromatic rings. The van der Waals surface area contributed by atoms with Gasteiger partial charge in [0.2, 0.25) is 5.91 Å². The normalized spacial score (nSPS) is 17.3. The van der Waals surface area contributed by atoms with Crippen molar-refractivity contribution in [3.63, 3.8) is 0 Å². The highest BCUT2D eigenvalue weighted by molar-refractivity contribution is 7.84. The lowest BCUT2D eigenvalue weighted by atomic mass is 9.96. The lowest BCUT2D eigenvalue weighted by molar-refractivity contribution is -0.133. The van der Waals surface area contributed by atoms with Crippen molar-refractivity contribution in [2.24, 2.45) is 0 Å². The Hall–Kier alpha value is -1.98. The van der Waals surface area contributed by atoms with Crippen LogP contribution in [0.5, 0.6) is 0 Å². The van der Waals surface area contributed by atoms with Gasteiger partial charge in [0.25, 0.3) is 0 Å². The standard InChI is InChI=1S/C26H36N2O2S/c1-4-28(26(29)20-22-10-12-25(13-11-22)31(3)30)24-15-18-27(19-16-24)17-14-21(2)23-8-6-5-7-9-23/h5-13,21,24H,4,14-20H2,1-3H3/t21-,31?/m1/s1. The van der Waals surface area contributed by atoms with E-state index in [1.54, 1.807) is 6.26 Å². The van der Waals surface area contributed by atoms with Crippen molar-refractivity contribution in [3.05, 3.63) is 65.7 Å². The summed E-state index contributed by atoms with van der Waals surface area (Å²) in [5, 5.41) is 0. The first-order valence-corrected chi connectivity index (χ1v) is 13.0. The van der Waals surface area contributed by atoms with Gasteiger partial charge in [0.15, 0.2) is 0 Å². The smallest absolute Gasteiger partial charge is 0.227 e. The van der Waals surface area contributed by atoms with Gasteiger partial charge in [0.05, 0.1) is 6.42 Å². The molecule has 4 nitrogen and oxygen atoms in total. The summed E-state index contributed by atoms with van der Waals surface area (Å²) in [6.45, 7) is 8.39. The van der Waals surface area contributed by atoms with E-state index in [1.807, 2.05) is 24.3 Å². The molecule has 0 spiro atoms. The molecule has 1 saturated heterocycles. The van der Waals surface area contributed by atoms with Crippen LogP contribution in [-0.2, 0) is 22.0 Å². The molecular formula is C26H36N2O2S. The van der Waals surface area contributed by atoms with Gasteiger partial charge in [-0.05, 0) is 61.9 Å². The summed E-state index contributed by atoms with van der Waals surface area (Å²) in [5.41, 5.74) is 2.41. The average Bonchev–Trinajstić information content (AvgIpc) is 2.79. The maximum Gasteiger partial charge on any atom is 0.227 e.